The van der Waals surface area contributed by atoms with Crippen LogP contribution in [0.2, 0.25) is 10.0 Å². The second-order valence-electron chi connectivity index (χ2n) is 4.63. The van der Waals surface area contributed by atoms with Crippen molar-refractivity contribution in [2.24, 2.45) is 10.9 Å². The molecule has 2 rings (SSSR count). The maximum atomic E-state index is 8.74. The molecule has 0 heterocycles. The Bertz CT molecular complexity index is 674. The molecule has 0 bridgehead atoms. The molecule has 0 radical (unpaired) electrons. The first-order valence-electron chi connectivity index (χ1n) is 6.24. The van der Waals surface area contributed by atoms with Gasteiger partial charge in [0.05, 0.1) is 0 Å². The zero-order chi connectivity index (χ0) is 15.4. The molecule has 0 fully saturated rings. The van der Waals surface area contributed by atoms with Crippen molar-refractivity contribution in [1.29, 1.82) is 0 Å². The third-order valence-electron chi connectivity index (χ3n) is 3.11. The van der Waals surface area contributed by atoms with E-state index >= 15 is 0 Å². The number of rotatable bonds is 4. The van der Waals surface area contributed by atoms with E-state index in [1.54, 1.807) is 18.2 Å². The van der Waals surface area contributed by atoms with Crippen molar-refractivity contribution in [2.75, 3.05) is 11.9 Å². The molecule has 6 heteroatoms. The number of benzene rings is 2. The zero-order valence-electron chi connectivity index (χ0n) is 11.4. The zero-order valence-corrected chi connectivity index (χ0v) is 12.9. The van der Waals surface area contributed by atoms with Crippen LogP contribution in [0.25, 0.3) is 0 Å². The lowest BCUT2D eigenvalue weighted by Gasteiger charge is -2.21. The highest BCUT2D eigenvalue weighted by Crippen LogP contribution is 2.24. The Hall–Kier alpha value is -1.91. The van der Waals surface area contributed by atoms with Gasteiger partial charge in [-0.15, -0.1) is 0 Å². The van der Waals surface area contributed by atoms with Crippen LogP contribution < -0.4 is 10.6 Å². The van der Waals surface area contributed by atoms with Crippen molar-refractivity contribution in [2.45, 2.75) is 6.54 Å². The summed E-state index contributed by atoms with van der Waals surface area (Å²) in [6.07, 6.45) is 0. The molecule has 0 aliphatic heterocycles. The fourth-order valence-corrected chi connectivity index (χ4v) is 2.34. The third-order valence-corrected chi connectivity index (χ3v) is 3.71. The molecule has 21 heavy (non-hydrogen) atoms. The Kier molecular flexibility index (Phi) is 4.94. The average molecular weight is 324 g/mol. The number of hydrogen-bond acceptors (Lipinski definition) is 3. The summed E-state index contributed by atoms with van der Waals surface area (Å²) in [5.41, 5.74) is 8.11. The SMILES string of the molecule is CN(Cc1cc(Cl)ccc1Cl)c1cccc(C(N)=NO)c1. The molecule has 0 saturated carbocycles. The summed E-state index contributed by atoms with van der Waals surface area (Å²) >= 11 is 12.2. The molecule has 0 atom stereocenters. The Morgan fingerprint density at radius 1 is 1.24 bits per heavy atom. The average Bonchev–Trinajstić information content (AvgIpc) is 2.50. The minimum absolute atomic E-state index is 0.0750. The normalized spacial score (nSPS) is 11.5. The van der Waals surface area contributed by atoms with Gasteiger partial charge in [0, 0.05) is 34.9 Å². The fraction of sp³-hybridized carbons (Fsp3) is 0.133. The lowest BCUT2D eigenvalue weighted by Crippen LogP contribution is -2.18. The Morgan fingerprint density at radius 3 is 2.71 bits per heavy atom. The molecule has 0 aliphatic rings. The third kappa shape index (κ3) is 3.80. The quantitative estimate of drug-likeness (QED) is 0.390. The smallest absolute Gasteiger partial charge is 0.170 e. The highest BCUT2D eigenvalue weighted by Gasteiger charge is 2.08. The van der Waals surface area contributed by atoms with E-state index < -0.39 is 0 Å². The Balaban J connectivity index is 2.24. The number of nitrogens with two attached hydrogens (primary N) is 1. The Labute approximate surface area is 133 Å². The summed E-state index contributed by atoms with van der Waals surface area (Å²) in [5, 5.41) is 13.1. The molecule has 4 nitrogen and oxygen atoms in total. The highest BCUT2D eigenvalue weighted by atomic mass is 35.5. The fourth-order valence-electron chi connectivity index (χ4n) is 1.97. The predicted molar refractivity (Wildman–Crippen MR) is 87.5 cm³/mol. The van der Waals surface area contributed by atoms with Crippen LogP contribution in [0.5, 0.6) is 0 Å². The van der Waals surface area contributed by atoms with E-state index in [1.165, 1.54) is 0 Å². The summed E-state index contributed by atoms with van der Waals surface area (Å²) in [5.74, 6) is 0.0750. The second kappa shape index (κ2) is 6.70. The van der Waals surface area contributed by atoms with Gasteiger partial charge >= 0.3 is 0 Å². The molecular weight excluding hydrogens is 309 g/mol. The topological polar surface area (TPSA) is 61.8 Å². The molecule has 0 amide bonds. The summed E-state index contributed by atoms with van der Waals surface area (Å²) < 4.78 is 0. The summed E-state index contributed by atoms with van der Waals surface area (Å²) in [7, 11) is 1.93. The number of anilines is 1. The molecule has 0 saturated heterocycles. The van der Waals surface area contributed by atoms with E-state index in [-0.39, 0.29) is 5.84 Å². The van der Waals surface area contributed by atoms with E-state index in [2.05, 4.69) is 5.16 Å². The van der Waals surface area contributed by atoms with E-state index in [4.69, 9.17) is 34.1 Å². The molecule has 0 unspecified atom stereocenters. The molecule has 2 aromatic carbocycles. The molecule has 0 aliphatic carbocycles. The van der Waals surface area contributed by atoms with Gasteiger partial charge in [0.1, 0.15) is 0 Å². The summed E-state index contributed by atoms with van der Waals surface area (Å²) in [6.45, 7) is 0.596. The predicted octanol–water partition coefficient (Wildman–Crippen LogP) is 3.72. The molecule has 0 spiro atoms. The van der Waals surface area contributed by atoms with Crippen LogP contribution in [0.15, 0.2) is 47.6 Å². The van der Waals surface area contributed by atoms with Gasteiger partial charge in [-0.1, -0.05) is 40.5 Å². The maximum Gasteiger partial charge on any atom is 0.170 e. The number of hydrogen-bond donors (Lipinski definition) is 2. The molecule has 110 valence electrons. The van der Waals surface area contributed by atoms with Crippen molar-refractivity contribution in [3.8, 4) is 0 Å². The lowest BCUT2D eigenvalue weighted by atomic mass is 10.1. The van der Waals surface area contributed by atoms with Gasteiger partial charge < -0.3 is 15.8 Å². The van der Waals surface area contributed by atoms with Crippen molar-refractivity contribution in [1.82, 2.24) is 0 Å². The number of halogens is 2. The van der Waals surface area contributed by atoms with Gasteiger partial charge in [-0.3, -0.25) is 0 Å². The lowest BCUT2D eigenvalue weighted by molar-refractivity contribution is 0.318. The first-order valence-corrected chi connectivity index (χ1v) is 7.00. The Morgan fingerprint density at radius 2 is 2.00 bits per heavy atom. The second-order valence-corrected chi connectivity index (χ2v) is 5.47. The van der Waals surface area contributed by atoms with Crippen LogP contribution in [0.1, 0.15) is 11.1 Å². The summed E-state index contributed by atoms with van der Waals surface area (Å²) in [4.78, 5) is 2.01. The van der Waals surface area contributed by atoms with Crippen molar-refractivity contribution in [3.63, 3.8) is 0 Å². The standard InChI is InChI=1S/C15H15Cl2N3O/c1-20(9-11-7-12(16)5-6-14(11)17)13-4-2-3-10(8-13)15(18)19-21/h2-8,21H,9H2,1H3,(H2,18,19). The van der Waals surface area contributed by atoms with Crippen LogP contribution in [-0.4, -0.2) is 18.1 Å². The highest BCUT2D eigenvalue weighted by molar-refractivity contribution is 6.33. The number of oxime groups is 1. The first-order chi connectivity index (χ1) is 10.0. The van der Waals surface area contributed by atoms with Crippen molar-refractivity contribution in [3.05, 3.63) is 63.6 Å². The molecule has 2 aromatic rings. The van der Waals surface area contributed by atoms with Gasteiger partial charge in [-0.2, -0.15) is 0 Å². The van der Waals surface area contributed by atoms with E-state index in [0.717, 1.165) is 11.3 Å². The van der Waals surface area contributed by atoms with E-state index in [0.29, 0.717) is 22.2 Å². The van der Waals surface area contributed by atoms with Crippen molar-refractivity contribution < 1.29 is 5.21 Å². The van der Waals surface area contributed by atoms with E-state index in [1.807, 2.05) is 36.2 Å². The molecular formula is C15H15Cl2N3O. The van der Waals surface area contributed by atoms with E-state index in [9.17, 15) is 0 Å². The van der Waals surface area contributed by atoms with Gasteiger partial charge in [0.2, 0.25) is 0 Å². The minimum atomic E-state index is 0.0750. The summed E-state index contributed by atoms with van der Waals surface area (Å²) in [6, 6.07) is 12.8. The monoisotopic (exact) mass is 323 g/mol. The van der Waals surface area contributed by atoms with Crippen molar-refractivity contribution >= 4 is 34.7 Å². The molecule has 3 N–H and O–H groups in total. The van der Waals surface area contributed by atoms with Crippen LogP contribution in [0.4, 0.5) is 5.69 Å². The van der Waals surface area contributed by atoms with Gasteiger partial charge in [0.25, 0.3) is 0 Å². The van der Waals surface area contributed by atoms with Crippen LogP contribution in [0.3, 0.4) is 0 Å². The minimum Gasteiger partial charge on any atom is -0.409 e. The van der Waals surface area contributed by atoms with Crippen LogP contribution in [-0.2, 0) is 6.54 Å². The van der Waals surface area contributed by atoms with Crippen LogP contribution >= 0.6 is 23.2 Å². The number of amidine groups is 1. The molecule has 0 aromatic heterocycles. The number of nitrogens with zero attached hydrogens (tertiary/aromatic N) is 2. The van der Waals surface area contributed by atoms with Gasteiger partial charge in [-0.05, 0) is 35.9 Å². The largest absolute Gasteiger partial charge is 0.409 e. The van der Waals surface area contributed by atoms with Crippen LogP contribution in [0, 0.1) is 0 Å². The first kappa shape index (κ1) is 15.5. The van der Waals surface area contributed by atoms with Gasteiger partial charge in [-0.25, -0.2) is 0 Å². The van der Waals surface area contributed by atoms with Gasteiger partial charge in [0.15, 0.2) is 5.84 Å². The maximum absolute atomic E-state index is 8.74.